The van der Waals surface area contributed by atoms with Crippen LogP contribution in [-0.2, 0) is 4.79 Å². The molecule has 0 amide bonds. The monoisotopic (exact) mass is 359 g/mol. The zero-order chi connectivity index (χ0) is 19.1. The molecule has 0 radical (unpaired) electrons. The number of hydrogen-bond donors (Lipinski definition) is 1. The standard InChI is InChI=1S/C23H21NO3/c25-16-17-8-9-19-14-20(11-10-18(19)13-17)22(21-5-4-12-24-15-21)6-2-1-3-7-23(26)27/h4-6,8-16H,1-3,7H2,(H,26,27)/b22-6+. The van der Waals surface area contributed by atoms with Crippen molar-refractivity contribution >= 4 is 28.6 Å². The Hall–Kier alpha value is -3.27. The Morgan fingerprint density at radius 3 is 2.56 bits per heavy atom. The Balaban J connectivity index is 1.91. The van der Waals surface area contributed by atoms with Gasteiger partial charge >= 0.3 is 5.97 Å². The maximum Gasteiger partial charge on any atom is 0.303 e. The third-order valence-electron chi connectivity index (χ3n) is 4.48. The van der Waals surface area contributed by atoms with Gasteiger partial charge in [0.15, 0.2) is 0 Å². The molecule has 0 unspecified atom stereocenters. The molecule has 136 valence electrons. The Bertz CT molecular complexity index is 977. The van der Waals surface area contributed by atoms with E-state index >= 15 is 0 Å². The van der Waals surface area contributed by atoms with E-state index < -0.39 is 5.97 Å². The van der Waals surface area contributed by atoms with Crippen LogP contribution in [0.5, 0.6) is 0 Å². The third-order valence-corrected chi connectivity index (χ3v) is 4.48. The molecule has 0 spiro atoms. The molecule has 4 heteroatoms. The van der Waals surface area contributed by atoms with Gasteiger partial charge in [-0.25, -0.2) is 0 Å². The maximum atomic E-state index is 11.0. The highest BCUT2D eigenvalue weighted by molar-refractivity contribution is 5.92. The quantitative estimate of drug-likeness (QED) is 0.447. The van der Waals surface area contributed by atoms with E-state index in [4.69, 9.17) is 5.11 Å². The molecule has 0 saturated heterocycles. The van der Waals surface area contributed by atoms with Crippen molar-refractivity contribution in [2.45, 2.75) is 25.7 Å². The molecule has 3 rings (SSSR count). The van der Waals surface area contributed by atoms with E-state index in [2.05, 4.69) is 17.1 Å². The van der Waals surface area contributed by atoms with Crippen LogP contribution in [0.1, 0.15) is 47.2 Å². The molecule has 4 nitrogen and oxygen atoms in total. The molecule has 0 aliphatic carbocycles. The van der Waals surface area contributed by atoms with Crippen LogP contribution in [0.4, 0.5) is 0 Å². The van der Waals surface area contributed by atoms with E-state index in [1.54, 1.807) is 6.20 Å². The highest BCUT2D eigenvalue weighted by Gasteiger charge is 2.07. The van der Waals surface area contributed by atoms with Gasteiger partial charge in [-0.05, 0) is 59.4 Å². The first-order valence-electron chi connectivity index (χ1n) is 8.99. The van der Waals surface area contributed by atoms with Gasteiger partial charge in [0.1, 0.15) is 6.29 Å². The summed E-state index contributed by atoms with van der Waals surface area (Å²) in [4.78, 5) is 25.9. The number of hydrogen-bond acceptors (Lipinski definition) is 3. The second-order valence-corrected chi connectivity index (χ2v) is 6.44. The Kier molecular flexibility index (Phi) is 6.10. The van der Waals surface area contributed by atoms with Crippen LogP contribution in [0, 0.1) is 0 Å². The zero-order valence-corrected chi connectivity index (χ0v) is 15.0. The first kappa shape index (κ1) is 18.5. The summed E-state index contributed by atoms with van der Waals surface area (Å²) in [5, 5.41) is 10.9. The van der Waals surface area contributed by atoms with E-state index in [0.29, 0.717) is 12.0 Å². The van der Waals surface area contributed by atoms with Gasteiger partial charge in [0.25, 0.3) is 0 Å². The summed E-state index contributed by atoms with van der Waals surface area (Å²) in [6.07, 6.45) is 9.08. The van der Waals surface area contributed by atoms with Crippen molar-refractivity contribution in [2.24, 2.45) is 0 Å². The summed E-state index contributed by atoms with van der Waals surface area (Å²) in [5.41, 5.74) is 3.85. The number of carbonyl (C=O) groups is 2. The molecule has 1 N–H and O–H groups in total. The first-order valence-corrected chi connectivity index (χ1v) is 8.99. The number of carboxylic acid groups (broad SMARTS) is 1. The molecule has 0 aliphatic heterocycles. The number of allylic oxidation sites excluding steroid dienone is 1. The summed E-state index contributed by atoms with van der Waals surface area (Å²) in [6, 6.07) is 15.8. The van der Waals surface area contributed by atoms with E-state index in [1.807, 2.05) is 48.7 Å². The third kappa shape index (κ3) is 4.88. The fourth-order valence-corrected chi connectivity index (χ4v) is 3.10. The summed E-state index contributed by atoms with van der Waals surface area (Å²) >= 11 is 0. The molecule has 1 aromatic heterocycles. The Morgan fingerprint density at radius 1 is 1.00 bits per heavy atom. The number of rotatable bonds is 8. The smallest absolute Gasteiger partial charge is 0.303 e. The van der Waals surface area contributed by atoms with E-state index in [-0.39, 0.29) is 6.42 Å². The van der Waals surface area contributed by atoms with Crippen LogP contribution >= 0.6 is 0 Å². The van der Waals surface area contributed by atoms with Crippen molar-refractivity contribution in [3.8, 4) is 0 Å². The number of nitrogens with zero attached hydrogens (tertiary/aromatic N) is 1. The topological polar surface area (TPSA) is 67.3 Å². The molecule has 0 bridgehead atoms. The molecular weight excluding hydrogens is 338 g/mol. The molecule has 0 aliphatic rings. The SMILES string of the molecule is O=Cc1ccc2cc(/C(=C\CCCCC(=O)O)c3cccnc3)ccc2c1. The van der Waals surface area contributed by atoms with Crippen molar-refractivity contribution in [1.82, 2.24) is 4.98 Å². The van der Waals surface area contributed by atoms with Gasteiger partial charge < -0.3 is 5.11 Å². The first-order chi connectivity index (χ1) is 13.2. The van der Waals surface area contributed by atoms with Crippen LogP contribution < -0.4 is 0 Å². The molecule has 0 fully saturated rings. The van der Waals surface area contributed by atoms with Crippen molar-refractivity contribution < 1.29 is 14.7 Å². The average molecular weight is 359 g/mol. The van der Waals surface area contributed by atoms with Crippen LogP contribution in [0.2, 0.25) is 0 Å². The molecule has 1 heterocycles. The van der Waals surface area contributed by atoms with Gasteiger partial charge in [0.2, 0.25) is 0 Å². The minimum Gasteiger partial charge on any atom is -0.481 e. The lowest BCUT2D eigenvalue weighted by Gasteiger charge is -2.10. The average Bonchev–Trinajstić information content (AvgIpc) is 2.70. The summed E-state index contributed by atoms with van der Waals surface area (Å²) in [6.45, 7) is 0. The van der Waals surface area contributed by atoms with Crippen molar-refractivity contribution in [1.29, 1.82) is 0 Å². The number of fused-ring (bicyclic) bond motifs is 1. The summed E-state index contributed by atoms with van der Waals surface area (Å²) in [5.74, 6) is -0.754. The normalized spacial score (nSPS) is 11.5. The predicted molar refractivity (Wildman–Crippen MR) is 107 cm³/mol. The lowest BCUT2D eigenvalue weighted by molar-refractivity contribution is -0.137. The van der Waals surface area contributed by atoms with E-state index in [9.17, 15) is 9.59 Å². The number of aliphatic carboxylic acids is 1. The van der Waals surface area contributed by atoms with E-state index in [0.717, 1.165) is 46.6 Å². The number of pyridine rings is 1. The summed E-state index contributed by atoms with van der Waals surface area (Å²) < 4.78 is 0. The Morgan fingerprint density at radius 2 is 1.81 bits per heavy atom. The second kappa shape index (κ2) is 8.90. The van der Waals surface area contributed by atoms with Gasteiger partial charge in [-0.1, -0.05) is 36.4 Å². The number of carboxylic acids is 1. The van der Waals surface area contributed by atoms with Gasteiger partial charge in [-0.3, -0.25) is 14.6 Å². The number of benzene rings is 2. The van der Waals surface area contributed by atoms with Crippen LogP contribution in [-0.4, -0.2) is 22.3 Å². The maximum absolute atomic E-state index is 11.0. The van der Waals surface area contributed by atoms with E-state index in [1.165, 1.54) is 0 Å². The highest BCUT2D eigenvalue weighted by atomic mass is 16.4. The van der Waals surface area contributed by atoms with Gasteiger partial charge in [-0.15, -0.1) is 0 Å². The largest absolute Gasteiger partial charge is 0.481 e. The lowest BCUT2D eigenvalue weighted by atomic mass is 9.95. The van der Waals surface area contributed by atoms with Crippen LogP contribution in [0.25, 0.3) is 16.3 Å². The fourth-order valence-electron chi connectivity index (χ4n) is 3.10. The minimum atomic E-state index is -0.754. The second-order valence-electron chi connectivity index (χ2n) is 6.44. The molecule has 27 heavy (non-hydrogen) atoms. The number of aldehydes is 1. The lowest BCUT2D eigenvalue weighted by Crippen LogP contribution is -1.94. The Labute approximate surface area is 158 Å². The highest BCUT2D eigenvalue weighted by Crippen LogP contribution is 2.27. The van der Waals surface area contributed by atoms with Gasteiger partial charge in [0, 0.05) is 29.9 Å². The summed E-state index contributed by atoms with van der Waals surface area (Å²) in [7, 11) is 0. The minimum absolute atomic E-state index is 0.200. The number of carbonyl (C=O) groups excluding carboxylic acids is 1. The number of unbranched alkanes of at least 4 members (excludes halogenated alkanes) is 2. The van der Waals surface area contributed by atoms with Crippen LogP contribution in [0.15, 0.2) is 67.0 Å². The number of aromatic nitrogens is 1. The predicted octanol–water partition coefficient (Wildman–Crippen LogP) is 5.12. The van der Waals surface area contributed by atoms with Crippen molar-refractivity contribution in [3.05, 3.63) is 83.7 Å². The van der Waals surface area contributed by atoms with Crippen molar-refractivity contribution in [3.63, 3.8) is 0 Å². The zero-order valence-electron chi connectivity index (χ0n) is 15.0. The molecular formula is C23H21NO3. The molecule has 0 saturated carbocycles. The van der Waals surface area contributed by atoms with Gasteiger partial charge in [0.05, 0.1) is 0 Å². The molecule has 2 aromatic carbocycles. The molecule has 0 atom stereocenters. The molecule has 3 aromatic rings. The van der Waals surface area contributed by atoms with Gasteiger partial charge in [-0.2, -0.15) is 0 Å². The fraction of sp³-hybridized carbons (Fsp3) is 0.174. The van der Waals surface area contributed by atoms with Crippen LogP contribution in [0.3, 0.4) is 0 Å². The van der Waals surface area contributed by atoms with Crippen molar-refractivity contribution in [2.75, 3.05) is 0 Å².